The van der Waals surface area contributed by atoms with Crippen molar-refractivity contribution >= 4 is 17.3 Å². The topological polar surface area (TPSA) is 98.5 Å². The van der Waals surface area contributed by atoms with Gasteiger partial charge >= 0.3 is 0 Å². The zero-order valence-electron chi connectivity index (χ0n) is 14.8. The molecule has 28 heavy (non-hydrogen) atoms. The van der Waals surface area contributed by atoms with Crippen molar-refractivity contribution in [1.29, 1.82) is 5.26 Å². The standard InChI is InChI=1S/C21H14N2O5/c1-13-2-3-15(9-18(13)23(24)25)19-7-5-17(28-19)8-16(11-22)14-4-6-20-21(10-14)27-12-26-20/h2-10H,12H2,1H3/b16-8+. The number of benzene rings is 2. The third-order valence-electron chi connectivity index (χ3n) is 4.41. The van der Waals surface area contributed by atoms with Gasteiger partial charge in [-0.1, -0.05) is 12.1 Å². The first-order chi connectivity index (χ1) is 13.5. The molecule has 0 atom stereocenters. The van der Waals surface area contributed by atoms with Crippen LogP contribution in [0.15, 0.2) is 52.9 Å². The molecule has 0 unspecified atom stereocenters. The maximum atomic E-state index is 11.1. The summed E-state index contributed by atoms with van der Waals surface area (Å²) in [6, 6.07) is 15.8. The lowest BCUT2D eigenvalue weighted by Crippen LogP contribution is -1.92. The summed E-state index contributed by atoms with van der Waals surface area (Å²) in [5, 5.41) is 20.7. The van der Waals surface area contributed by atoms with Gasteiger partial charge < -0.3 is 13.9 Å². The Labute approximate surface area is 160 Å². The lowest BCUT2D eigenvalue weighted by molar-refractivity contribution is -0.385. The van der Waals surface area contributed by atoms with E-state index in [4.69, 9.17) is 13.9 Å². The van der Waals surface area contributed by atoms with E-state index in [1.54, 1.807) is 55.5 Å². The number of nitriles is 1. The summed E-state index contributed by atoms with van der Waals surface area (Å²) in [5.41, 5.74) is 2.28. The molecule has 0 saturated heterocycles. The highest BCUT2D eigenvalue weighted by molar-refractivity contribution is 5.89. The molecule has 0 saturated carbocycles. The van der Waals surface area contributed by atoms with Gasteiger partial charge in [0.25, 0.3) is 5.69 Å². The normalized spacial score (nSPS) is 12.6. The van der Waals surface area contributed by atoms with Gasteiger partial charge in [-0.2, -0.15) is 5.26 Å². The van der Waals surface area contributed by atoms with Crippen LogP contribution in [0.1, 0.15) is 16.9 Å². The average Bonchev–Trinajstić information content (AvgIpc) is 3.35. The number of aryl methyl sites for hydroxylation is 1. The highest BCUT2D eigenvalue weighted by atomic mass is 16.7. The van der Waals surface area contributed by atoms with Crippen molar-refractivity contribution in [2.45, 2.75) is 6.92 Å². The minimum absolute atomic E-state index is 0.0315. The van der Waals surface area contributed by atoms with Crippen molar-refractivity contribution in [3.63, 3.8) is 0 Å². The van der Waals surface area contributed by atoms with Gasteiger partial charge in [0.05, 0.1) is 16.6 Å². The Kier molecular flexibility index (Phi) is 4.30. The summed E-state index contributed by atoms with van der Waals surface area (Å²) in [6.07, 6.45) is 1.61. The zero-order valence-corrected chi connectivity index (χ0v) is 14.8. The quantitative estimate of drug-likeness (QED) is 0.364. The Bertz CT molecular complexity index is 1150. The monoisotopic (exact) mass is 374 g/mol. The van der Waals surface area contributed by atoms with Crippen molar-refractivity contribution in [3.8, 4) is 28.9 Å². The van der Waals surface area contributed by atoms with Gasteiger partial charge in [-0.15, -0.1) is 0 Å². The van der Waals surface area contributed by atoms with Gasteiger partial charge in [-0.25, -0.2) is 0 Å². The van der Waals surface area contributed by atoms with E-state index in [9.17, 15) is 15.4 Å². The minimum atomic E-state index is -0.421. The number of nitro groups is 1. The van der Waals surface area contributed by atoms with E-state index >= 15 is 0 Å². The highest BCUT2D eigenvalue weighted by Gasteiger charge is 2.16. The molecule has 0 amide bonds. The van der Waals surface area contributed by atoms with Crippen LogP contribution in [-0.2, 0) is 0 Å². The number of rotatable bonds is 4. The minimum Gasteiger partial charge on any atom is -0.457 e. The first kappa shape index (κ1) is 17.4. The summed E-state index contributed by atoms with van der Waals surface area (Å²) < 4.78 is 16.4. The maximum absolute atomic E-state index is 11.1. The molecule has 1 aliphatic rings. The van der Waals surface area contributed by atoms with Gasteiger partial charge in [-0.3, -0.25) is 10.1 Å². The Balaban J connectivity index is 1.66. The Hall–Kier alpha value is -4.05. The van der Waals surface area contributed by atoms with Crippen molar-refractivity contribution in [3.05, 3.63) is 75.5 Å². The molecule has 2 aromatic carbocycles. The summed E-state index contributed by atoms with van der Waals surface area (Å²) in [7, 11) is 0. The van der Waals surface area contributed by atoms with Crippen LogP contribution in [0.2, 0.25) is 0 Å². The van der Waals surface area contributed by atoms with Gasteiger partial charge in [0.1, 0.15) is 11.5 Å². The molecule has 1 aromatic heterocycles. The SMILES string of the molecule is Cc1ccc(-c2ccc(/C=C(\C#N)c3ccc4c(c3)OCO4)o2)cc1[N+](=O)[O-]. The van der Waals surface area contributed by atoms with E-state index < -0.39 is 4.92 Å². The number of ether oxygens (including phenoxy) is 2. The van der Waals surface area contributed by atoms with Crippen LogP contribution in [-0.4, -0.2) is 11.7 Å². The third kappa shape index (κ3) is 3.19. The number of fused-ring (bicyclic) bond motifs is 1. The lowest BCUT2D eigenvalue weighted by Gasteiger charge is -2.02. The molecular weight excluding hydrogens is 360 g/mol. The van der Waals surface area contributed by atoms with E-state index in [2.05, 4.69) is 6.07 Å². The van der Waals surface area contributed by atoms with E-state index in [0.717, 1.165) is 0 Å². The molecule has 0 N–H and O–H groups in total. The third-order valence-corrected chi connectivity index (χ3v) is 4.41. The Morgan fingerprint density at radius 2 is 1.96 bits per heavy atom. The van der Waals surface area contributed by atoms with Crippen LogP contribution in [0.4, 0.5) is 5.69 Å². The van der Waals surface area contributed by atoms with Gasteiger partial charge in [0.15, 0.2) is 11.5 Å². The van der Waals surface area contributed by atoms with Crippen LogP contribution < -0.4 is 9.47 Å². The second-order valence-electron chi connectivity index (χ2n) is 6.20. The molecule has 2 heterocycles. The van der Waals surface area contributed by atoms with Crippen LogP contribution in [0.25, 0.3) is 23.0 Å². The molecule has 0 spiro atoms. The number of furan rings is 1. The van der Waals surface area contributed by atoms with E-state index in [0.29, 0.717) is 45.3 Å². The molecule has 4 rings (SSSR count). The molecule has 0 bridgehead atoms. The van der Waals surface area contributed by atoms with Gasteiger partial charge in [0.2, 0.25) is 6.79 Å². The number of allylic oxidation sites excluding steroid dienone is 1. The molecule has 3 aromatic rings. The Morgan fingerprint density at radius 1 is 1.14 bits per heavy atom. The predicted molar refractivity (Wildman–Crippen MR) is 102 cm³/mol. The van der Waals surface area contributed by atoms with Crippen LogP contribution >= 0.6 is 0 Å². The van der Waals surface area contributed by atoms with Crippen molar-refractivity contribution in [1.82, 2.24) is 0 Å². The first-order valence-electron chi connectivity index (χ1n) is 8.42. The molecule has 0 fully saturated rings. The largest absolute Gasteiger partial charge is 0.457 e. The number of hydrogen-bond donors (Lipinski definition) is 0. The van der Waals surface area contributed by atoms with Gasteiger partial charge in [-0.05, 0) is 48.9 Å². The summed E-state index contributed by atoms with van der Waals surface area (Å²) in [6.45, 7) is 1.84. The van der Waals surface area contributed by atoms with Crippen LogP contribution in [0.5, 0.6) is 11.5 Å². The van der Waals surface area contributed by atoms with Crippen LogP contribution in [0, 0.1) is 28.4 Å². The van der Waals surface area contributed by atoms with E-state index in [-0.39, 0.29) is 12.5 Å². The fourth-order valence-corrected chi connectivity index (χ4v) is 2.93. The fraction of sp³-hybridized carbons (Fsp3) is 0.0952. The van der Waals surface area contributed by atoms with E-state index in [1.807, 2.05) is 0 Å². The maximum Gasteiger partial charge on any atom is 0.273 e. The zero-order chi connectivity index (χ0) is 19.7. The summed E-state index contributed by atoms with van der Waals surface area (Å²) >= 11 is 0. The number of nitrogens with zero attached hydrogens (tertiary/aromatic N) is 2. The van der Waals surface area contributed by atoms with Gasteiger partial charge in [0, 0.05) is 17.2 Å². The first-order valence-corrected chi connectivity index (χ1v) is 8.42. The molecular formula is C21H14N2O5. The summed E-state index contributed by atoms with van der Waals surface area (Å²) in [4.78, 5) is 10.7. The van der Waals surface area contributed by atoms with Crippen LogP contribution in [0.3, 0.4) is 0 Å². The predicted octanol–water partition coefficient (Wildman–Crippen LogP) is 4.96. The summed E-state index contributed by atoms with van der Waals surface area (Å²) in [5.74, 6) is 2.18. The van der Waals surface area contributed by atoms with Crippen molar-refractivity contribution in [2.75, 3.05) is 6.79 Å². The molecule has 1 aliphatic heterocycles. The second kappa shape index (κ2) is 6.93. The number of nitro benzene ring substituents is 1. The van der Waals surface area contributed by atoms with Crippen molar-refractivity contribution in [2.24, 2.45) is 0 Å². The fourth-order valence-electron chi connectivity index (χ4n) is 2.93. The Morgan fingerprint density at radius 3 is 2.75 bits per heavy atom. The van der Waals surface area contributed by atoms with E-state index in [1.165, 1.54) is 6.07 Å². The molecule has 0 radical (unpaired) electrons. The molecule has 0 aliphatic carbocycles. The highest BCUT2D eigenvalue weighted by Crippen LogP contribution is 2.35. The lowest BCUT2D eigenvalue weighted by atomic mass is 10.1. The second-order valence-corrected chi connectivity index (χ2v) is 6.20. The molecule has 7 heteroatoms. The molecule has 138 valence electrons. The smallest absolute Gasteiger partial charge is 0.273 e. The number of hydrogen-bond acceptors (Lipinski definition) is 6. The van der Waals surface area contributed by atoms with Crippen molar-refractivity contribution < 1.29 is 18.8 Å². The average molecular weight is 374 g/mol. The molecule has 7 nitrogen and oxygen atoms in total.